The van der Waals surface area contributed by atoms with Crippen LogP contribution in [-0.4, -0.2) is 49.7 Å². The van der Waals surface area contributed by atoms with Crippen molar-refractivity contribution in [3.8, 4) is 17.6 Å². The highest BCUT2D eigenvalue weighted by Gasteiger charge is 2.44. The number of nitrogens with zero attached hydrogens (tertiary/aromatic N) is 2. The molecule has 0 spiro atoms. The Bertz CT molecular complexity index is 1330. The van der Waals surface area contributed by atoms with E-state index < -0.39 is 22.9 Å². The Morgan fingerprint density at radius 1 is 1.14 bits per heavy atom. The molecule has 4 rings (SSSR count). The average Bonchev–Trinajstić information content (AvgIpc) is 3.30. The summed E-state index contributed by atoms with van der Waals surface area (Å²) in [6, 6.07) is 8.49. The number of aromatic nitrogens is 1. The topological polar surface area (TPSA) is 51.7 Å². The Morgan fingerprint density at radius 3 is 2.75 bits per heavy atom. The molecule has 1 aliphatic heterocycles. The lowest BCUT2D eigenvalue weighted by Gasteiger charge is -2.26. The van der Waals surface area contributed by atoms with E-state index in [9.17, 15) is 18.0 Å². The third-order valence-electron chi connectivity index (χ3n) is 6.72. The van der Waals surface area contributed by atoms with E-state index in [4.69, 9.17) is 9.47 Å². The van der Waals surface area contributed by atoms with Gasteiger partial charge in [0.15, 0.2) is 0 Å². The molecule has 3 aromatic rings. The predicted octanol–water partition coefficient (Wildman–Crippen LogP) is 4.90. The van der Waals surface area contributed by atoms with Gasteiger partial charge >= 0.3 is 5.97 Å². The van der Waals surface area contributed by atoms with E-state index in [1.165, 1.54) is 13.3 Å². The summed E-state index contributed by atoms with van der Waals surface area (Å²) in [5, 5.41) is 0.689. The minimum atomic E-state index is -0.739. The van der Waals surface area contributed by atoms with Gasteiger partial charge in [-0.25, -0.2) is 13.2 Å². The quantitative estimate of drug-likeness (QED) is 0.344. The van der Waals surface area contributed by atoms with Crippen LogP contribution in [0.25, 0.3) is 10.9 Å². The van der Waals surface area contributed by atoms with Crippen molar-refractivity contribution >= 4 is 16.9 Å². The van der Waals surface area contributed by atoms with Gasteiger partial charge in [0.2, 0.25) is 0 Å². The number of benzene rings is 2. The van der Waals surface area contributed by atoms with Gasteiger partial charge in [-0.15, -0.1) is 0 Å². The van der Waals surface area contributed by atoms with Gasteiger partial charge in [0.05, 0.1) is 43.5 Å². The molecule has 2 heterocycles. The van der Waals surface area contributed by atoms with Gasteiger partial charge in [-0.2, -0.15) is 0 Å². The molecule has 2 aromatic carbocycles. The van der Waals surface area contributed by atoms with Crippen molar-refractivity contribution in [1.29, 1.82) is 0 Å². The molecule has 0 saturated carbocycles. The maximum absolute atomic E-state index is 14.7. The molecule has 8 heteroatoms. The number of carbonyl (C=O) groups is 1. The first-order valence-electron chi connectivity index (χ1n) is 11.7. The molecular formula is C28H27F3N2O3. The second-order valence-electron chi connectivity index (χ2n) is 8.98. The van der Waals surface area contributed by atoms with Crippen LogP contribution in [0.15, 0.2) is 42.6 Å². The maximum atomic E-state index is 14.7. The fraction of sp³-hybridized carbons (Fsp3) is 0.357. The van der Waals surface area contributed by atoms with E-state index in [1.54, 1.807) is 25.3 Å². The van der Waals surface area contributed by atoms with Crippen molar-refractivity contribution in [1.82, 2.24) is 9.88 Å². The lowest BCUT2D eigenvalue weighted by Crippen LogP contribution is -2.36. The summed E-state index contributed by atoms with van der Waals surface area (Å²) < 4.78 is 52.3. The highest BCUT2D eigenvalue weighted by molar-refractivity contribution is 5.83. The number of esters is 1. The average molecular weight is 497 g/mol. The Labute approximate surface area is 208 Å². The standard InChI is InChI=1S/C28H27F3N2O3/c1-35-21-8-10-26-23(16-21)22(25(31)17-32-26)6-3-11-28(27(34)36-2)12-14-33(18-28)13-4-5-19-15-20(29)7-9-24(19)30/h7-10,15-17H,3,6,11-14,18H2,1-2H3. The SMILES string of the molecule is COC(=O)C1(CCCc2c(F)cnc3ccc(OC)cc23)CCN(CC#Cc2cc(F)ccc2F)C1. The third kappa shape index (κ3) is 5.47. The van der Waals surface area contributed by atoms with Crippen molar-refractivity contribution in [2.24, 2.45) is 5.41 Å². The molecule has 0 aliphatic carbocycles. The zero-order valence-electron chi connectivity index (χ0n) is 20.2. The lowest BCUT2D eigenvalue weighted by atomic mass is 9.81. The maximum Gasteiger partial charge on any atom is 0.313 e. The van der Waals surface area contributed by atoms with E-state index >= 15 is 0 Å². The van der Waals surface area contributed by atoms with Crippen LogP contribution in [0.3, 0.4) is 0 Å². The van der Waals surface area contributed by atoms with E-state index in [-0.39, 0.29) is 11.5 Å². The van der Waals surface area contributed by atoms with Crippen molar-refractivity contribution in [3.63, 3.8) is 0 Å². The molecule has 0 radical (unpaired) electrons. The number of carbonyl (C=O) groups excluding carboxylic acids is 1. The summed E-state index contributed by atoms with van der Waals surface area (Å²) in [4.78, 5) is 18.9. The second kappa shape index (κ2) is 11.0. The number of pyridine rings is 1. The molecule has 1 atom stereocenters. The molecule has 0 amide bonds. The van der Waals surface area contributed by atoms with Crippen molar-refractivity contribution < 1.29 is 27.4 Å². The summed E-state index contributed by atoms with van der Waals surface area (Å²) >= 11 is 0. The summed E-state index contributed by atoms with van der Waals surface area (Å²) in [5.41, 5.74) is 0.473. The van der Waals surface area contributed by atoms with Crippen molar-refractivity contribution in [3.05, 3.63) is 71.2 Å². The van der Waals surface area contributed by atoms with Crippen LogP contribution >= 0.6 is 0 Å². The van der Waals surface area contributed by atoms with Crippen LogP contribution in [0.2, 0.25) is 0 Å². The minimum absolute atomic E-state index is 0.00309. The van der Waals surface area contributed by atoms with Crippen LogP contribution in [0.4, 0.5) is 13.2 Å². The van der Waals surface area contributed by atoms with Crippen molar-refractivity contribution in [2.45, 2.75) is 25.7 Å². The molecule has 1 unspecified atom stereocenters. The van der Waals surface area contributed by atoms with Gasteiger partial charge in [0.25, 0.3) is 0 Å². The molecule has 1 fully saturated rings. The molecule has 36 heavy (non-hydrogen) atoms. The molecule has 1 aliphatic rings. The molecule has 0 N–H and O–H groups in total. The number of hydrogen-bond donors (Lipinski definition) is 0. The lowest BCUT2D eigenvalue weighted by molar-refractivity contribution is -0.152. The molecular weight excluding hydrogens is 469 g/mol. The summed E-state index contributed by atoms with van der Waals surface area (Å²) in [6.07, 6.45) is 3.29. The normalized spacial score (nSPS) is 17.6. The monoisotopic (exact) mass is 496 g/mol. The fourth-order valence-electron chi connectivity index (χ4n) is 4.81. The number of halogens is 3. The van der Waals surface area contributed by atoms with Crippen molar-refractivity contribution in [2.75, 3.05) is 33.9 Å². The van der Waals surface area contributed by atoms with Gasteiger partial charge in [-0.3, -0.25) is 14.7 Å². The second-order valence-corrected chi connectivity index (χ2v) is 8.98. The number of methoxy groups -OCH3 is 2. The number of fused-ring (bicyclic) bond motifs is 1. The molecule has 5 nitrogen and oxygen atoms in total. The zero-order valence-corrected chi connectivity index (χ0v) is 20.2. The zero-order chi connectivity index (χ0) is 25.7. The van der Waals surface area contributed by atoms with Crippen LogP contribution in [0.1, 0.15) is 30.4 Å². The first-order valence-corrected chi connectivity index (χ1v) is 11.7. The van der Waals surface area contributed by atoms with Crippen LogP contribution in [0.5, 0.6) is 5.75 Å². The van der Waals surface area contributed by atoms with Gasteiger partial charge in [0, 0.05) is 18.5 Å². The first-order chi connectivity index (χ1) is 17.3. The number of likely N-dealkylation sites (tertiary alicyclic amines) is 1. The summed E-state index contributed by atoms with van der Waals surface area (Å²) in [7, 11) is 2.92. The van der Waals surface area contributed by atoms with Gasteiger partial charge in [-0.05, 0) is 67.6 Å². The third-order valence-corrected chi connectivity index (χ3v) is 6.72. The van der Waals surface area contributed by atoms with Gasteiger partial charge in [0.1, 0.15) is 23.2 Å². The highest BCUT2D eigenvalue weighted by Crippen LogP contribution is 2.37. The minimum Gasteiger partial charge on any atom is -0.497 e. The Hall–Kier alpha value is -3.57. The molecule has 1 saturated heterocycles. The summed E-state index contributed by atoms with van der Waals surface area (Å²) in [6.45, 7) is 1.34. The van der Waals surface area contributed by atoms with Gasteiger partial charge in [-0.1, -0.05) is 11.8 Å². The number of rotatable bonds is 7. The summed E-state index contributed by atoms with van der Waals surface area (Å²) in [5.74, 6) is 4.33. The highest BCUT2D eigenvalue weighted by atomic mass is 19.1. The molecule has 1 aromatic heterocycles. The number of ether oxygens (including phenoxy) is 2. The van der Waals surface area contributed by atoms with Gasteiger partial charge < -0.3 is 9.47 Å². The van der Waals surface area contributed by atoms with E-state index in [0.29, 0.717) is 67.5 Å². The number of hydrogen-bond acceptors (Lipinski definition) is 5. The fourth-order valence-corrected chi connectivity index (χ4v) is 4.81. The largest absolute Gasteiger partial charge is 0.497 e. The predicted molar refractivity (Wildman–Crippen MR) is 130 cm³/mol. The molecule has 188 valence electrons. The van der Waals surface area contributed by atoms with E-state index in [0.717, 1.165) is 18.2 Å². The Kier molecular flexibility index (Phi) is 7.80. The van der Waals surface area contributed by atoms with Crippen LogP contribution in [0, 0.1) is 34.7 Å². The van der Waals surface area contributed by atoms with E-state index in [1.807, 2.05) is 4.90 Å². The van der Waals surface area contributed by atoms with Crippen LogP contribution in [-0.2, 0) is 16.0 Å². The molecule has 0 bridgehead atoms. The smallest absolute Gasteiger partial charge is 0.313 e. The number of aryl methyl sites for hydroxylation is 1. The van der Waals surface area contributed by atoms with E-state index in [2.05, 4.69) is 16.8 Å². The Balaban J connectivity index is 1.45. The Morgan fingerprint density at radius 2 is 1.97 bits per heavy atom. The van der Waals surface area contributed by atoms with Crippen LogP contribution < -0.4 is 4.74 Å². The first kappa shape index (κ1) is 25.5.